The highest BCUT2D eigenvalue weighted by molar-refractivity contribution is 7.99. The third-order valence-corrected chi connectivity index (χ3v) is 7.14. The molecule has 0 aliphatic heterocycles. The molecule has 0 radical (unpaired) electrons. The predicted octanol–water partition coefficient (Wildman–Crippen LogP) is 6.08. The van der Waals surface area contributed by atoms with Crippen molar-refractivity contribution in [3.05, 3.63) is 69.8 Å². The zero-order valence-corrected chi connectivity index (χ0v) is 21.6. The molecule has 0 bridgehead atoms. The largest absolute Gasteiger partial charge is 0.481 e. The summed E-state index contributed by atoms with van der Waals surface area (Å²) in [7, 11) is 1.85. The van der Waals surface area contributed by atoms with Crippen LogP contribution >= 0.6 is 34.7 Å². The lowest BCUT2D eigenvalue weighted by molar-refractivity contribution is -0.113. The number of rotatable bonds is 8. The molecule has 2 heterocycles. The van der Waals surface area contributed by atoms with E-state index in [0.29, 0.717) is 26.9 Å². The molecule has 1 atom stereocenters. The highest BCUT2D eigenvalue weighted by Crippen LogP contribution is 2.30. The Morgan fingerprint density at radius 1 is 1.18 bits per heavy atom. The van der Waals surface area contributed by atoms with Gasteiger partial charge in [0.15, 0.2) is 22.2 Å². The standard InChI is InChI=1S/C24H24ClN5O2S2/c1-14-5-8-17(9-6-14)19-12-33-23(26-19)27-21(31)13-34-24-29-28-22(30(24)4)16(3)32-20-11-15(2)7-10-18(20)25/h5-12,16H,13H2,1-4H3,(H,26,27,31). The fourth-order valence-corrected chi connectivity index (χ4v) is 4.84. The van der Waals surface area contributed by atoms with Crippen molar-refractivity contribution in [1.29, 1.82) is 0 Å². The lowest BCUT2D eigenvalue weighted by atomic mass is 10.1. The Kier molecular flexibility index (Phi) is 7.55. The van der Waals surface area contributed by atoms with E-state index in [1.807, 2.05) is 80.2 Å². The number of aromatic nitrogens is 4. The lowest BCUT2D eigenvalue weighted by Crippen LogP contribution is -2.14. The van der Waals surface area contributed by atoms with Gasteiger partial charge < -0.3 is 14.6 Å². The summed E-state index contributed by atoms with van der Waals surface area (Å²) in [6, 6.07) is 13.8. The minimum Gasteiger partial charge on any atom is -0.481 e. The first-order valence-corrected chi connectivity index (χ1v) is 12.8. The molecule has 0 saturated heterocycles. The molecule has 7 nitrogen and oxygen atoms in total. The molecule has 1 unspecified atom stereocenters. The number of carbonyl (C=O) groups excluding carboxylic acids is 1. The number of ether oxygens (including phenoxy) is 1. The van der Waals surface area contributed by atoms with Gasteiger partial charge in [-0.25, -0.2) is 4.98 Å². The highest BCUT2D eigenvalue weighted by Gasteiger charge is 2.19. The Hall–Kier alpha value is -2.88. The van der Waals surface area contributed by atoms with Gasteiger partial charge in [-0.2, -0.15) is 0 Å². The predicted molar refractivity (Wildman–Crippen MR) is 138 cm³/mol. The summed E-state index contributed by atoms with van der Waals surface area (Å²) in [5, 5.41) is 15.0. The van der Waals surface area contributed by atoms with Crippen molar-refractivity contribution in [3.63, 3.8) is 0 Å². The van der Waals surface area contributed by atoms with E-state index in [9.17, 15) is 4.79 Å². The number of carbonyl (C=O) groups is 1. The van der Waals surface area contributed by atoms with Gasteiger partial charge in [0.1, 0.15) is 5.75 Å². The second kappa shape index (κ2) is 10.6. The van der Waals surface area contributed by atoms with Gasteiger partial charge in [0.2, 0.25) is 5.91 Å². The maximum Gasteiger partial charge on any atom is 0.236 e. The van der Waals surface area contributed by atoms with Crippen LogP contribution in [0.15, 0.2) is 53.0 Å². The number of thiazole rings is 1. The van der Waals surface area contributed by atoms with E-state index in [1.54, 1.807) is 0 Å². The van der Waals surface area contributed by atoms with Crippen LogP contribution in [0.1, 0.15) is 30.0 Å². The van der Waals surface area contributed by atoms with E-state index < -0.39 is 0 Å². The smallest absolute Gasteiger partial charge is 0.236 e. The summed E-state index contributed by atoms with van der Waals surface area (Å²) in [5.41, 5.74) is 4.11. The lowest BCUT2D eigenvalue weighted by Gasteiger charge is -2.15. The Labute approximate surface area is 211 Å². The Bertz CT molecular complexity index is 1300. The van der Waals surface area contributed by atoms with Crippen molar-refractivity contribution in [2.24, 2.45) is 7.05 Å². The van der Waals surface area contributed by atoms with Crippen LogP contribution in [0.5, 0.6) is 5.75 Å². The second-order valence-electron chi connectivity index (χ2n) is 7.83. The van der Waals surface area contributed by atoms with Crippen molar-refractivity contribution in [3.8, 4) is 17.0 Å². The molecule has 1 N–H and O–H groups in total. The summed E-state index contributed by atoms with van der Waals surface area (Å²) in [5.74, 6) is 1.27. The monoisotopic (exact) mass is 513 g/mol. The third kappa shape index (κ3) is 5.78. The van der Waals surface area contributed by atoms with Gasteiger partial charge in [-0.1, -0.05) is 59.3 Å². The molecule has 4 aromatic rings. The van der Waals surface area contributed by atoms with Crippen molar-refractivity contribution >= 4 is 45.7 Å². The number of thioether (sulfide) groups is 1. The van der Waals surface area contributed by atoms with Crippen LogP contribution in [0.2, 0.25) is 5.02 Å². The van der Waals surface area contributed by atoms with Gasteiger partial charge >= 0.3 is 0 Å². The zero-order chi connectivity index (χ0) is 24.2. The molecule has 10 heteroatoms. The van der Waals surface area contributed by atoms with E-state index in [4.69, 9.17) is 16.3 Å². The number of hydrogen-bond acceptors (Lipinski definition) is 7. The van der Waals surface area contributed by atoms with Gasteiger partial charge in [-0.3, -0.25) is 4.79 Å². The van der Waals surface area contributed by atoms with Gasteiger partial charge in [0, 0.05) is 18.0 Å². The first kappa shape index (κ1) is 24.3. The van der Waals surface area contributed by atoms with Gasteiger partial charge in [0.05, 0.1) is 16.5 Å². The van der Waals surface area contributed by atoms with Crippen molar-refractivity contribution in [1.82, 2.24) is 19.7 Å². The first-order valence-electron chi connectivity index (χ1n) is 10.6. The molecular weight excluding hydrogens is 490 g/mol. The molecule has 176 valence electrons. The third-order valence-electron chi connectivity index (χ3n) is 5.05. The van der Waals surface area contributed by atoms with Crippen molar-refractivity contribution in [2.75, 3.05) is 11.1 Å². The SMILES string of the molecule is Cc1ccc(-c2csc(NC(=O)CSc3nnc(C(C)Oc4cc(C)ccc4Cl)n3C)n2)cc1. The van der Waals surface area contributed by atoms with Gasteiger partial charge in [-0.05, 0) is 38.5 Å². The molecule has 0 fully saturated rings. The van der Waals surface area contributed by atoms with E-state index in [0.717, 1.165) is 16.8 Å². The number of amides is 1. The molecule has 0 aliphatic carbocycles. The number of nitrogens with zero attached hydrogens (tertiary/aromatic N) is 4. The van der Waals surface area contributed by atoms with Crippen LogP contribution in [0.4, 0.5) is 5.13 Å². The fraction of sp³-hybridized carbons (Fsp3) is 0.250. The minimum absolute atomic E-state index is 0.157. The van der Waals surface area contributed by atoms with Crippen LogP contribution in [0.25, 0.3) is 11.3 Å². The minimum atomic E-state index is -0.365. The average Bonchev–Trinajstić information content (AvgIpc) is 3.42. The number of aryl methyl sites for hydroxylation is 2. The zero-order valence-electron chi connectivity index (χ0n) is 19.2. The molecule has 34 heavy (non-hydrogen) atoms. The number of halogens is 1. The summed E-state index contributed by atoms with van der Waals surface area (Å²) >= 11 is 8.95. The summed E-state index contributed by atoms with van der Waals surface area (Å²) in [4.78, 5) is 17.0. The molecule has 1 amide bonds. The molecule has 2 aromatic heterocycles. The average molecular weight is 514 g/mol. The molecule has 0 aliphatic rings. The van der Waals surface area contributed by atoms with Crippen molar-refractivity contribution < 1.29 is 9.53 Å². The Balaban J connectivity index is 1.34. The van der Waals surface area contributed by atoms with Crippen LogP contribution < -0.4 is 10.1 Å². The Morgan fingerprint density at radius 3 is 2.68 bits per heavy atom. The first-order chi connectivity index (χ1) is 16.3. The maximum atomic E-state index is 12.5. The maximum absolute atomic E-state index is 12.5. The molecule has 0 spiro atoms. The number of anilines is 1. The van der Waals surface area contributed by atoms with E-state index in [-0.39, 0.29) is 17.8 Å². The van der Waals surface area contributed by atoms with E-state index >= 15 is 0 Å². The van der Waals surface area contributed by atoms with Crippen LogP contribution in [0.3, 0.4) is 0 Å². The summed E-state index contributed by atoms with van der Waals surface area (Å²) < 4.78 is 7.83. The van der Waals surface area contributed by atoms with Crippen LogP contribution in [-0.2, 0) is 11.8 Å². The van der Waals surface area contributed by atoms with Crippen molar-refractivity contribution in [2.45, 2.75) is 32.0 Å². The summed E-state index contributed by atoms with van der Waals surface area (Å²) in [6.45, 7) is 5.91. The van der Waals surface area contributed by atoms with E-state index in [1.165, 1.54) is 28.7 Å². The van der Waals surface area contributed by atoms with Gasteiger partial charge in [0.25, 0.3) is 0 Å². The van der Waals surface area contributed by atoms with Crippen LogP contribution in [-0.4, -0.2) is 31.4 Å². The number of benzene rings is 2. The quantitative estimate of drug-likeness (QED) is 0.287. The van der Waals surface area contributed by atoms with Crippen LogP contribution in [0, 0.1) is 13.8 Å². The molecule has 4 rings (SSSR count). The highest BCUT2D eigenvalue weighted by atomic mass is 35.5. The van der Waals surface area contributed by atoms with Gasteiger partial charge in [-0.15, -0.1) is 21.5 Å². The number of nitrogens with one attached hydrogen (secondary N) is 1. The molecular formula is C24H24ClN5O2S2. The molecule has 2 aromatic carbocycles. The topological polar surface area (TPSA) is 81.9 Å². The second-order valence-corrected chi connectivity index (χ2v) is 10.0. The number of hydrogen-bond donors (Lipinski definition) is 1. The normalized spacial score (nSPS) is 11.9. The summed E-state index contributed by atoms with van der Waals surface area (Å²) in [6.07, 6.45) is -0.365. The fourth-order valence-electron chi connectivity index (χ4n) is 3.22. The molecule has 0 saturated carbocycles. The van der Waals surface area contributed by atoms with E-state index in [2.05, 4.69) is 20.5 Å². The Morgan fingerprint density at radius 2 is 1.91 bits per heavy atom.